The van der Waals surface area contributed by atoms with Crippen molar-refractivity contribution in [2.45, 2.75) is 25.6 Å². The summed E-state index contributed by atoms with van der Waals surface area (Å²) in [7, 11) is 1.39. The van der Waals surface area contributed by atoms with Gasteiger partial charge in [-0.15, -0.1) is 10.2 Å². The van der Waals surface area contributed by atoms with Crippen LogP contribution in [0.3, 0.4) is 0 Å². The Kier molecular flexibility index (Phi) is 4.86. The molecule has 1 saturated heterocycles. The van der Waals surface area contributed by atoms with E-state index in [-0.39, 0.29) is 17.7 Å². The molecule has 2 bridgehead atoms. The number of ether oxygens (including phenoxy) is 2. The van der Waals surface area contributed by atoms with Crippen molar-refractivity contribution in [1.29, 1.82) is 0 Å². The molecule has 1 amide bonds. The Hall–Kier alpha value is -3.04. The van der Waals surface area contributed by atoms with E-state index in [9.17, 15) is 9.18 Å². The molecule has 1 aromatic carbocycles. The van der Waals surface area contributed by atoms with Crippen LogP contribution >= 0.6 is 11.6 Å². The van der Waals surface area contributed by atoms with Crippen LogP contribution in [-0.2, 0) is 11.3 Å². The van der Waals surface area contributed by atoms with Crippen molar-refractivity contribution in [1.82, 2.24) is 24.6 Å². The largest absolute Gasteiger partial charge is 0.494 e. The number of aryl methyl sites for hydroxylation is 1. The molecule has 0 spiro atoms. The first-order valence-corrected chi connectivity index (χ1v) is 10.2. The van der Waals surface area contributed by atoms with E-state index >= 15 is 0 Å². The zero-order valence-electron chi connectivity index (χ0n) is 16.9. The van der Waals surface area contributed by atoms with Crippen LogP contribution in [0.25, 0.3) is 11.5 Å². The van der Waals surface area contributed by atoms with Crippen LogP contribution in [-0.4, -0.2) is 56.9 Å². The maximum atomic E-state index is 13.8. The van der Waals surface area contributed by atoms with Crippen LogP contribution in [0.5, 0.6) is 5.75 Å². The normalized spacial score (nSPS) is 19.8. The molecule has 5 rings (SSSR count). The molecule has 10 heteroatoms. The number of halogens is 2. The molecule has 4 heterocycles. The summed E-state index contributed by atoms with van der Waals surface area (Å²) in [5.74, 6) is 0.442. The zero-order chi connectivity index (χ0) is 21.7. The summed E-state index contributed by atoms with van der Waals surface area (Å²) in [4.78, 5) is 19.4. The van der Waals surface area contributed by atoms with Crippen LogP contribution < -0.4 is 4.74 Å². The molecule has 0 saturated carbocycles. The summed E-state index contributed by atoms with van der Waals surface area (Å²) in [6.45, 7) is 2.96. The first kappa shape index (κ1) is 19.9. The molecule has 2 aliphatic rings. The Morgan fingerprint density at radius 1 is 1.32 bits per heavy atom. The lowest BCUT2D eigenvalue weighted by Gasteiger charge is -2.45. The van der Waals surface area contributed by atoms with E-state index in [1.165, 1.54) is 13.2 Å². The number of methoxy groups -OCH3 is 1. The molecule has 1 fully saturated rings. The first-order valence-electron chi connectivity index (χ1n) is 9.78. The molecule has 0 N–H and O–H groups in total. The quantitative estimate of drug-likeness (QED) is 0.618. The van der Waals surface area contributed by atoms with Crippen LogP contribution in [0, 0.1) is 12.7 Å². The molecular formula is C21H19ClFN5O3. The van der Waals surface area contributed by atoms with Gasteiger partial charge in [-0.2, -0.15) is 0 Å². The first-order chi connectivity index (χ1) is 15.0. The highest BCUT2D eigenvalue weighted by molar-refractivity contribution is 6.34. The minimum Gasteiger partial charge on any atom is -0.494 e. The lowest BCUT2D eigenvalue weighted by Crippen LogP contribution is -2.56. The number of hydrogen-bond acceptors (Lipinski definition) is 6. The number of nitrogens with zero attached hydrogens (tertiary/aromatic N) is 5. The van der Waals surface area contributed by atoms with Gasteiger partial charge in [-0.05, 0) is 18.6 Å². The van der Waals surface area contributed by atoms with Gasteiger partial charge in [0.1, 0.15) is 11.7 Å². The second-order valence-corrected chi connectivity index (χ2v) is 7.93. The lowest BCUT2D eigenvalue weighted by molar-refractivity contribution is -0.0569. The third-order valence-electron chi connectivity index (χ3n) is 5.71. The second-order valence-electron chi connectivity index (χ2n) is 7.55. The maximum Gasteiger partial charge on any atom is 0.256 e. The summed E-state index contributed by atoms with van der Waals surface area (Å²) in [5, 5.41) is 9.06. The highest BCUT2D eigenvalue weighted by Gasteiger charge is 2.44. The Bertz CT molecular complexity index is 1180. The van der Waals surface area contributed by atoms with Crippen molar-refractivity contribution >= 4 is 17.5 Å². The molecule has 0 unspecified atom stereocenters. The van der Waals surface area contributed by atoms with Crippen molar-refractivity contribution in [3.63, 3.8) is 0 Å². The predicted molar refractivity (Wildman–Crippen MR) is 109 cm³/mol. The fraction of sp³-hybridized carbons (Fsp3) is 0.333. The van der Waals surface area contributed by atoms with Gasteiger partial charge < -0.3 is 18.9 Å². The highest BCUT2D eigenvalue weighted by atomic mass is 35.5. The number of amides is 1. The van der Waals surface area contributed by atoms with Crippen molar-refractivity contribution in [3.05, 3.63) is 58.3 Å². The number of pyridine rings is 1. The fourth-order valence-corrected chi connectivity index (χ4v) is 4.38. The molecule has 2 aliphatic heterocycles. The Morgan fingerprint density at radius 3 is 2.97 bits per heavy atom. The van der Waals surface area contributed by atoms with Gasteiger partial charge in [0.15, 0.2) is 23.2 Å². The van der Waals surface area contributed by atoms with E-state index in [0.717, 1.165) is 11.8 Å². The fourth-order valence-electron chi connectivity index (χ4n) is 4.17. The van der Waals surface area contributed by atoms with E-state index < -0.39 is 11.9 Å². The number of carbonyl (C=O) groups is 1. The van der Waals surface area contributed by atoms with Gasteiger partial charge in [-0.1, -0.05) is 23.7 Å². The minimum absolute atomic E-state index is 0.0765. The molecule has 2 aromatic heterocycles. The molecule has 31 heavy (non-hydrogen) atoms. The number of fused-ring (bicyclic) bond motifs is 4. The van der Waals surface area contributed by atoms with E-state index in [1.54, 1.807) is 11.0 Å². The lowest BCUT2D eigenvalue weighted by atomic mass is 10.0. The summed E-state index contributed by atoms with van der Waals surface area (Å²) < 4.78 is 26.5. The molecule has 8 nitrogen and oxygen atoms in total. The van der Waals surface area contributed by atoms with E-state index in [4.69, 9.17) is 21.1 Å². The average molecular weight is 444 g/mol. The van der Waals surface area contributed by atoms with Crippen LogP contribution in [0.15, 0.2) is 30.5 Å². The molecule has 0 aliphatic carbocycles. The van der Waals surface area contributed by atoms with Gasteiger partial charge in [0.05, 0.1) is 43.1 Å². The smallest absolute Gasteiger partial charge is 0.256 e. The number of hydrogen-bond donors (Lipinski definition) is 0. The molecule has 3 aromatic rings. The van der Waals surface area contributed by atoms with Crippen molar-refractivity contribution in [2.24, 2.45) is 0 Å². The van der Waals surface area contributed by atoms with Crippen LogP contribution in [0.1, 0.15) is 27.8 Å². The van der Waals surface area contributed by atoms with Gasteiger partial charge >= 0.3 is 0 Å². The van der Waals surface area contributed by atoms with Gasteiger partial charge in [-0.25, -0.2) is 9.37 Å². The van der Waals surface area contributed by atoms with Crippen LogP contribution in [0.2, 0.25) is 5.02 Å². The third kappa shape index (κ3) is 3.16. The zero-order valence-corrected chi connectivity index (χ0v) is 17.6. The van der Waals surface area contributed by atoms with Crippen molar-refractivity contribution < 1.29 is 18.7 Å². The van der Waals surface area contributed by atoms with Crippen molar-refractivity contribution in [3.8, 4) is 17.3 Å². The average Bonchev–Trinajstić information content (AvgIpc) is 3.18. The number of carbonyl (C=O) groups excluding carboxylic acids is 1. The van der Waals surface area contributed by atoms with Gasteiger partial charge in [0.25, 0.3) is 5.91 Å². The van der Waals surface area contributed by atoms with Gasteiger partial charge in [0, 0.05) is 12.6 Å². The van der Waals surface area contributed by atoms with Crippen molar-refractivity contribution in [2.75, 3.05) is 20.3 Å². The standard InChI is InChI=1S/C21H19ClFN5O3/c1-11-4-3-5-13(18(11)22)21(29)28-12-8-27-19(15-6-17(30-2)14(23)7-24-15)25-26-20(27)16(28)10-31-9-12/h3-7,12,16H,8-10H2,1-2H3/t12-,16-/m1/s1. The van der Waals surface area contributed by atoms with Crippen LogP contribution in [0.4, 0.5) is 4.39 Å². The van der Waals surface area contributed by atoms with E-state index in [0.29, 0.717) is 47.7 Å². The third-order valence-corrected chi connectivity index (χ3v) is 6.21. The highest BCUT2D eigenvalue weighted by Crippen LogP contribution is 2.37. The van der Waals surface area contributed by atoms with Gasteiger partial charge in [0.2, 0.25) is 0 Å². The topological polar surface area (TPSA) is 82.4 Å². The molecule has 2 atom stereocenters. The Labute approximate surface area is 182 Å². The number of rotatable bonds is 3. The van der Waals surface area contributed by atoms with Gasteiger partial charge in [-0.3, -0.25) is 4.79 Å². The summed E-state index contributed by atoms with van der Waals surface area (Å²) in [6.07, 6.45) is 1.10. The van der Waals surface area contributed by atoms with E-state index in [2.05, 4.69) is 15.2 Å². The monoisotopic (exact) mass is 443 g/mol. The molecule has 160 valence electrons. The maximum absolute atomic E-state index is 13.8. The summed E-state index contributed by atoms with van der Waals surface area (Å²) in [5.41, 5.74) is 1.74. The SMILES string of the molecule is COc1cc(-c2nnc3n2C[C@@H]2COC[C@H]3N2C(=O)c2cccc(C)c2Cl)ncc1F. The number of aromatic nitrogens is 4. The summed E-state index contributed by atoms with van der Waals surface area (Å²) in [6, 6.07) is 6.26. The van der Waals surface area contributed by atoms with E-state index in [1.807, 2.05) is 23.6 Å². The second kappa shape index (κ2) is 7.58. The summed E-state index contributed by atoms with van der Waals surface area (Å²) >= 11 is 6.43. The Balaban J connectivity index is 1.55. The number of benzene rings is 1. The molecule has 0 radical (unpaired) electrons. The number of morpholine rings is 1. The molecular weight excluding hydrogens is 425 g/mol. The predicted octanol–water partition coefficient (Wildman–Crippen LogP) is 3.05. The Morgan fingerprint density at radius 2 is 2.16 bits per heavy atom. The minimum atomic E-state index is -0.554.